The van der Waals surface area contributed by atoms with E-state index in [0.717, 1.165) is 0 Å². The van der Waals surface area contributed by atoms with Crippen molar-refractivity contribution in [3.8, 4) is 0 Å². The van der Waals surface area contributed by atoms with Gasteiger partial charge in [0.15, 0.2) is 24.6 Å². The van der Waals surface area contributed by atoms with Gasteiger partial charge in [-0.05, 0) is 69.3 Å². The molecule has 0 saturated carbocycles. The van der Waals surface area contributed by atoms with Gasteiger partial charge in [-0.25, -0.2) is 24.0 Å². The van der Waals surface area contributed by atoms with Crippen molar-refractivity contribution in [2.45, 2.75) is 57.1 Å². The summed E-state index contributed by atoms with van der Waals surface area (Å²) in [5.41, 5.74) is 0.201. The second kappa shape index (κ2) is 20.1. The maximum atomic E-state index is 13.8. The van der Waals surface area contributed by atoms with Crippen molar-refractivity contribution in [3.05, 3.63) is 144 Å². The minimum absolute atomic E-state index is 0.0425. The molecule has 4 aromatic carbocycles. The number of nitrogens with zero attached hydrogens (tertiary/aromatic N) is 2. The maximum absolute atomic E-state index is 13.8. The number of esters is 4. The first-order chi connectivity index (χ1) is 28.4. The van der Waals surface area contributed by atoms with Crippen molar-refractivity contribution >= 4 is 30.0 Å². The number of amides is 1. The van der Waals surface area contributed by atoms with Gasteiger partial charge in [0, 0.05) is 32.7 Å². The van der Waals surface area contributed by atoms with Gasteiger partial charge in [0.1, 0.15) is 18.3 Å². The third-order valence-corrected chi connectivity index (χ3v) is 9.45. The molecule has 1 amide bonds. The largest absolute Gasteiger partial charge is 0.459 e. The topological polar surface area (TPSA) is 156 Å². The fraction of sp³-hybridized carbons (Fsp3) is 0.356. The van der Waals surface area contributed by atoms with Crippen LogP contribution in [0.25, 0.3) is 0 Å². The molecule has 0 spiro atoms. The van der Waals surface area contributed by atoms with E-state index in [1.165, 1.54) is 0 Å². The molecular weight excluding hydrogens is 760 g/mol. The van der Waals surface area contributed by atoms with Crippen LogP contribution in [0.3, 0.4) is 0 Å². The van der Waals surface area contributed by atoms with E-state index in [4.69, 9.17) is 33.2 Å². The predicted molar refractivity (Wildman–Crippen MR) is 213 cm³/mol. The number of ether oxygens (including phenoxy) is 7. The number of carbonyl (C=O) groups is 5. The third-order valence-electron chi connectivity index (χ3n) is 9.45. The number of benzene rings is 4. The molecule has 4 aromatic rings. The van der Waals surface area contributed by atoms with Crippen LogP contribution in [0.5, 0.6) is 0 Å². The summed E-state index contributed by atoms with van der Waals surface area (Å²) >= 11 is 0. The third kappa shape index (κ3) is 12.0. The minimum Gasteiger partial charge on any atom is -0.459 e. The van der Waals surface area contributed by atoms with Crippen LogP contribution in [0.1, 0.15) is 62.2 Å². The Morgan fingerprint density at radius 2 is 1.00 bits per heavy atom. The molecule has 0 aromatic heterocycles. The highest BCUT2D eigenvalue weighted by Crippen LogP contribution is 2.32. The molecule has 2 aliphatic rings. The summed E-state index contributed by atoms with van der Waals surface area (Å²) < 4.78 is 42.3. The van der Waals surface area contributed by atoms with Crippen LogP contribution in [-0.2, 0) is 33.2 Å². The molecule has 6 rings (SSSR count). The number of piperazine rings is 1. The first-order valence-electron chi connectivity index (χ1n) is 19.4. The molecule has 5 unspecified atom stereocenters. The lowest BCUT2D eigenvalue weighted by atomic mass is 9.97. The summed E-state index contributed by atoms with van der Waals surface area (Å²) in [5, 5.41) is 0. The van der Waals surface area contributed by atoms with Gasteiger partial charge in [-0.3, -0.25) is 4.90 Å². The van der Waals surface area contributed by atoms with Crippen molar-refractivity contribution < 1.29 is 57.1 Å². The molecule has 0 bridgehead atoms. The van der Waals surface area contributed by atoms with Crippen molar-refractivity contribution in [2.75, 3.05) is 45.9 Å². The van der Waals surface area contributed by atoms with Crippen LogP contribution < -0.4 is 0 Å². The van der Waals surface area contributed by atoms with Crippen LogP contribution in [0.2, 0.25) is 0 Å². The summed E-state index contributed by atoms with van der Waals surface area (Å²) in [6.45, 7) is 7.35. The molecule has 14 nitrogen and oxygen atoms in total. The van der Waals surface area contributed by atoms with E-state index in [-0.39, 0.29) is 35.0 Å². The zero-order chi connectivity index (χ0) is 41.8. The number of hydrogen-bond acceptors (Lipinski definition) is 13. The summed E-state index contributed by atoms with van der Waals surface area (Å²) in [6.07, 6.45) is -7.57. The molecule has 5 atom stereocenters. The maximum Gasteiger partial charge on any atom is 0.410 e. The zero-order valence-corrected chi connectivity index (χ0v) is 33.2. The first-order valence-corrected chi connectivity index (χ1v) is 19.4. The van der Waals surface area contributed by atoms with Crippen molar-refractivity contribution in [3.63, 3.8) is 0 Å². The average molecular weight is 809 g/mol. The zero-order valence-electron chi connectivity index (χ0n) is 33.2. The highest BCUT2D eigenvalue weighted by Gasteiger charge is 2.53. The van der Waals surface area contributed by atoms with Crippen LogP contribution in [0.4, 0.5) is 4.79 Å². The van der Waals surface area contributed by atoms with Crippen molar-refractivity contribution in [1.82, 2.24) is 9.80 Å². The Morgan fingerprint density at radius 3 is 1.46 bits per heavy atom. The Balaban J connectivity index is 1.29. The number of rotatable bonds is 13. The summed E-state index contributed by atoms with van der Waals surface area (Å²) in [7, 11) is 0. The number of hydrogen-bond donors (Lipinski definition) is 0. The molecule has 0 N–H and O–H groups in total. The Bertz CT molecular complexity index is 2000. The highest BCUT2D eigenvalue weighted by molar-refractivity contribution is 5.91. The normalized spacial score (nSPS) is 20.8. The van der Waals surface area contributed by atoms with E-state index in [1.807, 2.05) is 20.8 Å². The van der Waals surface area contributed by atoms with Gasteiger partial charge < -0.3 is 38.1 Å². The van der Waals surface area contributed by atoms with E-state index in [0.29, 0.717) is 32.7 Å². The summed E-state index contributed by atoms with van der Waals surface area (Å²) in [4.78, 5) is 70.9. The van der Waals surface area contributed by atoms with E-state index in [1.54, 1.807) is 126 Å². The fourth-order valence-electron chi connectivity index (χ4n) is 6.44. The molecule has 2 saturated heterocycles. The Morgan fingerprint density at radius 1 is 0.576 bits per heavy atom. The quantitative estimate of drug-likeness (QED) is 0.118. The molecule has 59 heavy (non-hydrogen) atoms. The van der Waals surface area contributed by atoms with E-state index >= 15 is 0 Å². The van der Waals surface area contributed by atoms with Gasteiger partial charge in [0.25, 0.3) is 0 Å². The first kappa shape index (κ1) is 42.5. The molecule has 2 heterocycles. The molecule has 2 aliphatic heterocycles. The van der Waals surface area contributed by atoms with Crippen molar-refractivity contribution in [2.24, 2.45) is 0 Å². The van der Waals surface area contributed by atoms with Crippen LogP contribution in [-0.4, -0.2) is 122 Å². The van der Waals surface area contributed by atoms with Gasteiger partial charge in [-0.1, -0.05) is 72.8 Å². The average Bonchev–Trinajstić information content (AvgIpc) is 3.25. The van der Waals surface area contributed by atoms with Gasteiger partial charge in [0.2, 0.25) is 0 Å². The van der Waals surface area contributed by atoms with Gasteiger partial charge >= 0.3 is 30.0 Å². The lowest BCUT2D eigenvalue weighted by Crippen LogP contribution is -2.63. The van der Waals surface area contributed by atoms with Crippen LogP contribution >= 0.6 is 0 Å². The predicted octanol–water partition coefficient (Wildman–Crippen LogP) is 5.81. The van der Waals surface area contributed by atoms with Gasteiger partial charge in [-0.15, -0.1) is 0 Å². The SMILES string of the molecule is CC(C)(C)OC(=O)N1CCN(CCOC2OC(COC(=O)c3ccccc3)C(OC(=O)c3ccccc3)C(OC(=O)c3ccccc3)C2OC(=O)c2ccccc2)CC1. The van der Waals surface area contributed by atoms with Crippen molar-refractivity contribution in [1.29, 1.82) is 0 Å². The van der Waals surface area contributed by atoms with Gasteiger partial charge in [0.05, 0.1) is 28.9 Å². The number of carbonyl (C=O) groups excluding carboxylic acids is 5. The second-order valence-electron chi connectivity index (χ2n) is 14.9. The van der Waals surface area contributed by atoms with Gasteiger partial charge in [-0.2, -0.15) is 0 Å². The Hall–Kier alpha value is -6.09. The Kier molecular flexibility index (Phi) is 14.4. The molecule has 14 heteroatoms. The smallest absolute Gasteiger partial charge is 0.410 e. The van der Waals surface area contributed by atoms with E-state index in [9.17, 15) is 24.0 Å². The van der Waals surface area contributed by atoms with Crippen LogP contribution in [0, 0.1) is 0 Å². The van der Waals surface area contributed by atoms with E-state index < -0.39 is 66.8 Å². The molecule has 2 fully saturated rings. The molecular formula is C45H48N2O12. The van der Waals surface area contributed by atoms with E-state index in [2.05, 4.69) is 4.90 Å². The lowest BCUT2D eigenvalue weighted by Gasteiger charge is -2.44. The molecule has 310 valence electrons. The second-order valence-corrected chi connectivity index (χ2v) is 14.9. The van der Waals surface area contributed by atoms with Crippen LogP contribution in [0.15, 0.2) is 121 Å². The lowest BCUT2D eigenvalue weighted by molar-refractivity contribution is -0.298. The standard InChI is InChI=1S/C45H48N2O12/c1-45(2,3)59-44(52)47-26-24-46(25-27-47)28-29-53-43-38(58-42(51)34-22-14-7-15-23-34)37(57-41(50)33-20-12-6-13-21-33)36(56-40(49)32-18-10-5-11-19-32)35(55-43)30-54-39(48)31-16-8-4-9-17-31/h4-23,35-38,43H,24-30H2,1-3H3. The Labute approximate surface area is 342 Å². The summed E-state index contributed by atoms with van der Waals surface area (Å²) in [6, 6.07) is 32.8. The highest BCUT2D eigenvalue weighted by atomic mass is 16.7. The molecule has 0 radical (unpaired) electrons. The minimum atomic E-state index is -1.53. The fourth-order valence-corrected chi connectivity index (χ4v) is 6.44. The monoisotopic (exact) mass is 808 g/mol. The summed E-state index contributed by atoms with van der Waals surface area (Å²) in [5.74, 6) is -3.06. The molecule has 0 aliphatic carbocycles.